The Morgan fingerprint density at radius 1 is 1.29 bits per heavy atom. The van der Waals surface area contributed by atoms with Crippen LogP contribution in [0, 0.1) is 5.92 Å². The highest BCUT2D eigenvalue weighted by Gasteiger charge is 2.32. The normalized spacial score (nSPS) is 13.2. The number of sulfone groups is 1. The van der Waals surface area contributed by atoms with Crippen LogP contribution < -0.4 is 10.9 Å². The number of benzene rings is 1. The predicted octanol–water partition coefficient (Wildman–Crippen LogP) is 2.09. The maximum atomic E-state index is 14.9. The van der Waals surface area contributed by atoms with Crippen molar-refractivity contribution >= 4 is 54.4 Å². The smallest absolute Gasteiger partial charge is 0.280 e. The number of fused-ring (bicyclic) bond motifs is 2. The molecule has 0 radical (unpaired) electrons. The van der Waals surface area contributed by atoms with Crippen LogP contribution in [-0.4, -0.2) is 44.3 Å². The van der Waals surface area contributed by atoms with Crippen molar-refractivity contribution in [2.75, 3.05) is 5.32 Å². The first-order valence-electron chi connectivity index (χ1n) is 9.16. The van der Waals surface area contributed by atoms with E-state index in [0.29, 0.717) is 10.2 Å². The van der Waals surface area contributed by atoms with E-state index in [0.717, 1.165) is 22.2 Å². The van der Waals surface area contributed by atoms with E-state index in [1.165, 1.54) is 0 Å². The SMILES string of the molecule is CC(C)C(=O)Nc1nc2c(ncn2CC(F)S(=O)(=O)c2nc3ccccc3s2)c(=O)[nH]1. The van der Waals surface area contributed by atoms with Crippen molar-refractivity contribution in [1.29, 1.82) is 0 Å². The summed E-state index contributed by atoms with van der Waals surface area (Å²) in [5.41, 5.74) is -2.69. The van der Waals surface area contributed by atoms with Crippen LogP contribution in [0.4, 0.5) is 10.3 Å². The number of anilines is 1. The lowest BCUT2D eigenvalue weighted by Crippen LogP contribution is -2.24. The number of H-pyrrole nitrogens is 1. The first-order chi connectivity index (χ1) is 14.7. The molecule has 3 aromatic heterocycles. The quantitative estimate of drug-likeness (QED) is 0.445. The van der Waals surface area contributed by atoms with Crippen molar-refractivity contribution in [3.8, 4) is 0 Å². The van der Waals surface area contributed by atoms with E-state index in [-0.39, 0.29) is 33.3 Å². The summed E-state index contributed by atoms with van der Waals surface area (Å²) < 4.78 is 41.8. The highest BCUT2D eigenvalue weighted by molar-refractivity contribution is 7.93. The van der Waals surface area contributed by atoms with Crippen LogP contribution in [0.5, 0.6) is 0 Å². The first kappa shape index (κ1) is 21.1. The van der Waals surface area contributed by atoms with Crippen molar-refractivity contribution < 1.29 is 17.6 Å². The number of carbonyl (C=O) groups excluding carboxylic acids is 1. The van der Waals surface area contributed by atoms with Crippen molar-refractivity contribution in [1.82, 2.24) is 24.5 Å². The number of halogens is 1. The Bertz CT molecular complexity index is 1420. The van der Waals surface area contributed by atoms with Gasteiger partial charge in [0.15, 0.2) is 11.2 Å². The highest BCUT2D eigenvalue weighted by Crippen LogP contribution is 2.28. The van der Waals surface area contributed by atoms with E-state index in [1.54, 1.807) is 38.1 Å². The van der Waals surface area contributed by atoms with Crippen molar-refractivity contribution in [2.24, 2.45) is 5.92 Å². The van der Waals surface area contributed by atoms with Crippen LogP contribution in [0.1, 0.15) is 13.8 Å². The van der Waals surface area contributed by atoms with E-state index >= 15 is 0 Å². The molecule has 13 heteroatoms. The molecule has 0 fully saturated rings. The maximum Gasteiger partial charge on any atom is 0.280 e. The Labute approximate surface area is 179 Å². The molecule has 1 amide bonds. The van der Waals surface area contributed by atoms with E-state index in [9.17, 15) is 22.4 Å². The zero-order chi connectivity index (χ0) is 22.3. The molecule has 1 aromatic carbocycles. The van der Waals surface area contributed by atoms with Gasteiger partial charge in [0.25, 0.3) is 5.56 Å². The third kappa shape index (κ3) is 3.93. The number of thiazole rings is 1. The van der Waals surface area contributed by atoms with Gasteiger partial charge in [-0.3, -0.25) is 19.9 Å². The Morgan fingerprint density at radius 3 is 2.74 bits per heavy atom. The summed E-state index contributed by atoms with van der Waals surface area (Å²) in [6, 6.07) is 6.79. The Kier molecular flexibility index (Phi) is 5.31. The number of hydrogen-bond acceptors (Lipinski definition) is 8. The molecule has 1 unspecified atom stereocenters. The van der Waals surface area contributed by atoms with E-state index < -0.39 is 27.4 Å². The predicted molar refractivity (Wildman–Crippen MR) is 113 cm³/mol. The van der Waals surface area contributed by atoms with Crippen LogP contribution in [0.2, 0.25) is 0 Å². The fraction of sp³-hybridized carbons (Fsp3) is 0.278. The van der Waals surface area contributed by atoms with Gasteiger partial charge in [0, 0.05) is 5.92 Å². The van der Waals surface area contributed by atoms with E-state index in [2.05, 4.69) is 25.3 Å². The minimum absolute atomic E-state index is 0.0510. The molecule has 4 rings (SSSR count). The second-order valence-electron chi connectivity index (χ2n) is 7.03. The maximum absolute atomic E-state index is 14.9. The molecule has 0 bridgehead atoms. The van der Waals surface area contributed by atoms with Crippen LogP contribution in [0.3, 0.4) is 0 Å². The number of imidazole rings is 1. The molecule has 2 N–H and O–H groups in total. The molecule has 4 aromatic rings. The fourth-order valence-electron chi connectivity index (χ4n) is 2.74. The number of para-hydroxylation sites is 1. The molecule has 10 nitrogen and oxygen atoms in total. The van der Waals surface area contributed by atoms with Gasteiger partial charge in [0.2, 0.25) is 31.5 Å². The molecule has 0 spiro atoms. The summed E-state index contributed by atoms with van der Waals surface area (Å²) in [5.74, 6) is -0.877. The van der Waals surface area contributed by atoms with Gasteiger partial charge < -0.3 is 4.57 Å². The van der Waals surface area contributed by atoms with Gasteiger partial charge in [-0.25, -0.2) is 22.8 Å². The summed E-state index contributed by atoms with van der Waals surface area (Å²) in [7, 11) is -4.39. The summed E-state index contributed by atoms with van der Waals surface area (Å²) in [6.45, 7) is 2.68. The average molecular weight is 465 g/mol. The van der Waals surface area contributed by atoms with E-state index in [1.807, 2.05) is 0 Å². The largest absolute Gasteiger partial charge is 0.311 e. The minimum Gasteiger partial charge on any atom is -0.311 e. The molecule has 0 aliphatic rings. The summed E-state index contributed by atoms with van der Waals surface area (Å²) >= 11 is 0.881. The zero-order valence-electron chi connectivity index (χ0n) is 16.4. The first-order valence-corrected chi connectivity index (χ1v) is 11.5. The number of aromatic amines is 1. The highest BCUT2D eigenvalue weighted by atomic mass is 32.2. The second-order valence-corrected chi connectivity index (χ2v) is 10.3. The number of alkyl halides is 1. The Hall–Kier alpha value is -3.19. The molecule has 3 heterocycles. The number of hydrogen-bond donors (Lipinski definition) is 2. The summed E-state index contributed by atoms with van der Waals surface area (Å²) in [6.07, 6.45) is 1.13. The molecule has 0 aliphatic heterocycles. The topological polar surface area (TPSA) is 140 Å². The number of amides is 1. The molecular weight excluding hydrogens is 447 g/mol. The van der Waals surface area contributed by atoms with Gasteiger partial charge in [0.1, 0.15) is 0 Å². The van der Waals surface area contributed by atoms with Crippen molar-refractivity contribution in [3.63, 3.8) is 0 Å². The molecule has 0 aliphatic carbocycles. The molecule has 0 saturated carbocycles. The number of aromatic nitrogens is 5. The van der Waals surface area contributed by atoms with Gasteiger partial charge >= 0.3 is 0 Å². The second kappa shape index (κ2) is 7.81. The summed E-state index contributed by atoms with van der Waals surface area (Å²) in [4.78, 5) is 38.5. The molecular formula is C18H17FN6O4S2. The van der Waals surface area contributed by atoms with Crippen LogP contribution in [-0.2, 0) is 21.2 Å². The number of nitrogens with zero attached hydrogens (tertiary/aromatic N) is 4. The summed E-state index contributed by atoms with van der Waals surface area (Å²) in [5, 5.41) is 2.45. The fourth-order valence-corrected chi connectivity index (χ4v) is 5.29. The average Bonchev–Trinajstić information content (AvgIpc) is 3.33. The Balaban J connectivity index is 1.66. The van der Waals surface area contributed by atoms with Gasteiger partial charge in [-0.05, 0) is 12.1 Å². The van der Waals surface area contributed by atoms with Crippen LogP contribution in [0.25, 0.3) is 21.4 Å². The molecule has 0 saturated heterocycles. The Morgan fingerprint density at radius 2 is 2.03 bits per heavy atom. The third-order valence-electron chi connectivity index (χ3n) is 4.44. The van der Waals surface area contributed by atoms with Gasteiger partial charge in [-0.15, -0.1) is 11.3 Å². The lowest BCUT2D eigenvalue weighted by molar-refractivity contribution is -0.118. The minimum atomic E-state index is -4.39. The van der Waals surface area contributed by atoms with Crippen molar-refractivity contribution in [3.05, 3.63) is 40.9 Å². The molecule has 1 atom stereocenters. The number of rotatable bonds is 6. The number of nitrogens with one attached hydrogen (secondary N) is 2. The third-order valence-corrected chi connectivity index (χ3v) is 7.61. The van der Waals surface area contributed by atoms with Gasteiger partial charge in [-0.2, -0.15) is 4.98 Å². The standard InChI is InChI=1S/C18H17FN6O4S2/c1-9(2)15(26)23-17-22-14-13(16(27)24-17)20-8-25(14)7-12(19)31(28,29)18-21-10-5-3-4-6-11(10)30-18/h3-6,8-9,12H,7H2,1-2H3,(H2,22,23,24,26,27). The monoisotopic (exact) mass is 464 g/mol. The molecule has 31 heavy (non-hydrogen) atoms. The van der Waals surface area contributed by atoms with Crippen LogP contribution >= 0.6 is 11.3 Å². The van der Waals surface area contributed by atoms with Crippen LogP contribution in [0.15, 0.2) is 39.7 Å². The molecule has 162 valence electrons. The van der Waals surface area contributed by atoms with Gasteiger partial charge in [-0.1, -0.05) is 26.0 Å². The zero-order valence-corrected chi connectivity index (χ0v) is 18.0. The number of carbonyl (C=O) groups is 1. The van der Waals surface area contributed by atoms with E-state index in [4.69, 9.17) is 0 Å². The van der Waals surface area contributed by atoms with Crippen molar-refractivity contribution in [2.45, 2.75) is 30.2 Å². The van der Waals surface area contributed by atoms with Gasteiger partial charge in [0.05, 0.1) is 23.1 Å². The lowest BCUT2D eigenvalue weighted by atomic mass is 10.2. The lowest BCUT2D eigenvalue weighted by Gasteiger charge is -2.10.